The fraction of sp³-hybridized carbons (Fsp3) is 0.357. The molecule has 1 aliphatic rings. The molecule has 17 heavy (non-hydrogen) atoms. The zero-order chi connectivity index (χ0) is 11.8. The molecule has 88 valence electrons. The van der Waals surface area contributed by atoms with Crippen molar-refractivity contribution in [2.75, 3.05) is 18.0 Å². The molecule has 3 rings (SSSR count). The monoisotopic (exact) mass is 228 g/mol. The third-order valence-electron chi connectivity index (χ3n) is 3.58. The Kier molecular flexibility index (Phi) is 2.39. The van der Waals surface area contributed by atoms with Gasteiger partial charge in [0.05, 0.1) is 11.2 Å². The summed E-state index contributed by atoms with van der Waals surface area (Å²) in [6.45, 7) is 2.13. The largest absolute Gasteiger partial charge is 0.371 e. The van der Waals surface area contributed by atoms with E-state index < -0.39 is 0 Å². The van der Waals surface area contributed by atoms with Crippen LogP contribution < -0.4 is 10.5 Å². The molecule has 1 aromatic carbocycles. The minimum absolute atomic E-state index is 0.0746. The van der Waals surface area contributed by atoms with Crippen molar-refractivity contribution in [1.82, 2.24) is 4.57 Å². The fourth-order valence-corrected chi connectivity index (χ4v) is 2.61. The average Bonchev–Trinajstić information content (AvgIpc) is 2.87. The molecule has 1 saturated heterocycles. The molecule has 0 bridgehead atoms. The van der Waals surface area contributed by atoms with Crippen LogP contribution in [0.5, 0.6) is 0 Å². The van der Waals surface area contributed by atoms with Gasteiger partial charge in [-0.3, -0.25) is 4.79 Å². The first-order valence-electron chi connectivity index (χ1n) is 6.11. The second-order valence-corrected chi connectivity index (χ2v) is 4.64. The van der Waals surface area contributed by atoms with Crippen molar-refractivity contribution in [3.05, 3.63) is 40.7 Å². The molecule has 0 aliphatic carbocycles. The maximum Gasteiger partial charge on any atom is 0.252 e. The Bertz CT molecular complexity index is 609. The lowest BCUT2D eigenvalue weighted by molar-refractivity contribution is 0.895. The Morgan fingerprint density at radius 3 is 2.59 bits per heavy atom. The summed E-state index contributed by atoms with van der Waals surface area (Å²) >= 11 is 0. The van der Waals surface area contributed by atoms with Crippen LogP contribution in [0, 0.1) is 0 Å². The molecule has 0 amide bonds. The van der Waals surface area contributed by atoms with Gasteiger partial charge in [-0.2, -0.15) is 0 Å². The number of rotatable bonds is 1. The number of benzene rings is 1. The van der Waals surface area contributed by atoms with Gasteiger partial charge >= 0.3 is 0 Å². The van der Waals surface area contributed by atoms with E-state index in [1.165, 1.54) is 18.2 Å². The second kappa shape index (κ2) is 3.91. The lowest BCUT2D eigenvalue weighted by atomic mass is 10.1. The third-order valence-corrected chi connectivity index (χ3v) is 3.58. The van der Waals surface area contributed by atoms with E-state index in [1.807, 2.05) is 25.2 Å². The summed E-state index contributed by atoms with van der Waals surface area (Å²) in [7, 11) is 1.83. The van der Waals surface area contributed by atoms with Crippen LogP contribution in [0.15, 0.2) is 35.1 Å². The lowest BCUT2D eigenvalue weighted by Crippen LogP contribution is -2.23. The number of aryl methyl sites for hydroxylation is 1. The van der Waals surface area contributed by atoms with Crippen LogP contribution in [0.4, 0.5) is 5.69 Å². The van der Waals surface area contributed by atoms with E-state index in [2.05, 4.69) is 11.0 Å². The van der Waals surface area contributed by atoms with Crippen molar-refractivity contribution >= 4 is 16.6 Å². The van der Waals surface area contributed by atoms with Gasteiger partial charge in [0, 0.05) is 31.6 Å². The van der Waals surface area contributed by atoms with Crippen molar-refractivity contribution in [2.45, 2.75) is 12.8 Å². The highest BCUT2D eigenvalue weighted by atomic mass is 16.1. The van der Waals surface area contributed by atoms with Crippen LogP contribution in [0.25, 0.3) is 10.9 Å². The van der Waals surface area contributed by atoms with E-state index in [1.54, 1.807) is 10.6 Å². The Morgan fingerprint density at radius 2 is 1.82 bits per heavy atom. The molecular formula is C14H16N2O. The third kappa shape index (κ3) is 1.62. The summed E-state index contributed by atoms with van der Waals surface area (Å²) in [6.07, 6.45) is 2.45. The Balaban J connectivity index is 2.30. The average molecular weight is 228 g/mol. The normalized spacial score (nSPS) is 15.7. The van der Waals surface area contributed by atoms with Gasteiger partial charge in [0.15, 0.2) is 0 Å². The number of hydrogen-bond acceptors (Lipinski definition) is 2. The van der Waals surface area contributed by atoms with Crippen LogP contribution in [-0.4, -0.2) is 17.7 Å². The quantitative estimate of drug-likeness (QED) is 0.747. The summed E-state index contributed by atoms with van der Waals surface area (Å²) in [5, 5.41) is 1.18. The zero-order valence-corrected chi connectivity index (χ0v) is 10.0. The maximum absolute atomic E-state index is 11.9. The zero-order valence-electron chi connectivity index (χ0n) is 10.0. The molecule has 1 fully saturated rings. The van der Waals surface area contributed by atoms with Crippen LogP contribution in [0.1, 0.15) is 12.8 Å². The smallest absolute Gasteiger partial charge is 0.252 e. The highest BCUT2D eigenvalue weighted by Gasteiger charge is 2.16. The summed E-state index contributed by atoms with van der Waals surface area (Å²) in [5.74, 6) is 0. The minimum Gasteiger partial charge on any atom is -0.371 e. The van der Waals surface area contributed by atoms with Crippen LogP contribution >= 0.6 is 0 Å². The van der Waals surface area contributed by atoms with Crippen molar-refractivity contribution in [1.29, 1.82) is 0 Å². The Hall–Kier alpha value is -1.77. The summed E-state index contributed by atoms with van der Waals surface area (Å²) in [6, 6.07) is 9.90. The molecule has 1 aromatic heterocycles. The number of pyridine rings is 1. The number of nitrogens with zero attached hydrogens (tertiary/aromatic N) is 2. The summed E-state index contributed by atoms with van der Waals surface area (Å²) in [4.78, 5) is 14.3. The number of para-hydroxylation sites is 1. The highest BCUT2D eigenvalue weighted by Crippen LogP contribution is 2.27. The predicted octanol–water partition coefficient (Wildman–Crippen LogP) is 2.14. The van der Waals surface area contributed by atoms with E-state index in [0.29, 0.717) is 0 Å². The summed E-state index contributed by atoms with van der Waals surface area (Å²) < 4.78 is 1.72. The first-order chi connectivity index (χ1) is 8.27. The van der Waals surface area contributed by atoms with Crippen molar-refractivity contribution < 1.29 is 0 Å². The second-order valence-electron chi connectivity index (χ2n) is 4.64. The SMILES string of the molecule is Cn1c(=O)cc(N2CCCC2)c2ccccc21. The molecular weight excluding hydrogens is 212 g/mol. The van der Waals surface area contributed by atoms with E-state index in [-0.39, 0.29) is 5.56 Å². The van der Waals surface area contributed by atoms with E-state index in [0.717, 1.165) is 24.3 Å². The molecule has 3 nitrogen and oxygen atoms in total. The molecule has 2 heterocycles. The molecule has 0 N–H and O–H groups in total. The van der Waals surface area contributed by atoms with Gasteiger partial charge in [-0.25, -0.2) is 0 Å². The molecule has 3 heteroatoms. The van der Waals surface area contributed by atoms with Gasteiger partial charge in [-0.15, -0.1) is 0 Å². The first kappa shape index (κ1) is 10.4. The number of aromatic nitrogens is 1. The molecule has 2 aromatic rings. The van der Waals surface area contributed by atoms with E-state index in [4.69, 9.17) is 0 Å². The highest BCUT2D eigenvalue weighted by molar-refractivity contribution is 5.92. The number of anilines is 1. The molecule has 0 spiro atoms. The van der Waals surface area contributed by atoms with Gasteiger partial charge in [0.1, 0.15) is 0 Å². The molecule has 0 saturated carbocycles. The van der Waals surface area contributed by atoms with Gasteiger partial charge in [0.25, 0.3) is 5.56 Å². The van der Waals surface area contributed by atoms with Crippen molar-refractivity contribution in [2.24, 2.45) is 7.05 Å². The standard InChI is InChI=1S/C14H16N2O/c1-15-12-7-3-2-6-11(12)13(10-14(15)17)16-8-4-5-9-16/h2-3,6-7,10H,4-5,8-9H2,1H3. The minimum atomic E-state index is 0.0746. The summed E-state index contributed by atoms with van der Waals surface area (Å²) in [5.41, 5.74) is 2.19. The van der Waals surface area contributed by atoms with Crippen LogP contribution in [0.2, 0.25) is 0 Å². The Labute approximate surface area is 100 Å². The fourth-order valence-electron chi connectivity index (χ4n) is 2.61. The maximum atomic E-state index is 11.9. The molecule has 1 aliphatic heterocycles. The van der Waals surface area contributed by atoms with E-state index in [9.17, 15) is 4.79 Å². The van der Waals surface area contributed by atoms with Crippen molar-refractivity contribution in [3.8, 4) is 0 Å². The van der Waals surface area contributed by atoms with Crippen LogP contribution in [0.3, 0.4) is 0 Å². The molecule has 0 radical (unpaired) electrons. The molecule has 0 atom stereocenters. The number of hydrogen-bond donors (Lipinski definition) is 0. The van der Waals surface area contributed by atoms with Gasteiger partial charge < -0.3 is 9.47 Å². The van der Waals surface area contributed by atoms with Gasteiger partial charge in [-0.1, -0.05) is 18.2 Å². The van der Waals surface area contributed by atoms with Gasteiger partial charge in [-0.05, 0) is 18.9 Å². The first-order valence-corrected chi connectivity index (χ1v) is 6.11. The number of fused-ring (bicyclic) bond motifs is 1. The topological polar surface area (TPSA) is 25.2 Å². The predicted molar refractivity (Wildman–Crippen MR) is 70.6 cm³/mol. The molecule has 0 unspecified atom stereocenters. The van der Waals surface area contributed by atoms with E-state index >= 15 is 0 Å². The Morgan fingerprint density at radius 1 is 1.12 bits per heavy atom. The lowest BCUT2D eigenvalue weighted by Gasteiger charge is -2.20. The van der Waals surface area contributed by atoms with Crippen molar-refractivity contribution in [3.63, 3.8) is 0 Å². The van der Waals surface area contributed by atoms with Gasteiger partial charge in [0.2, 0.25) is 0 Å². The van der Waals surface area contributed by atoms with Crippen LogP contribution in [-0.2, 0) is 7.05 Å².